The lowest BCUT2D eigenvalue weighted by Crippen LogP contribution is -2.45. The van der Waals surface area contributed by atoms with Crippen molar-refractivity contribution in [3.05, 3.63) is 56.2 Å². The van der Waals surface area contributed by atoms with Crippen LogP contribution in [0.5, 0.6) is 0 Å². The van der Waals surface area contributed by atoms with Gasteiger partial charge in [0.05, 0.1) is 19.0 Å². The van der Waals surface area contributed by atoms with Crippen molar-refractivity contribution in [1.82, 2.24) is 55.2 Å². The van der Waals surface area contributed by atoms with Gasteiger partial charge in [-0.05, 0) is 44.9 Å². The van der Waals surface area contributed by atoms with E-state index in [-0.39, 0.29) is 68.0 Å². The van der Waals surface area contributed by atoms with Gasteiger partial charge in [-0.25, -0.2) is 25.5 Å². The first kappa shape index (κ1) is 51.8. The minimum absolute atomic E-state index is 0.0411. The summed E-state index contributed by atoms with van der Waals surface area (Å²) < 4.78 is 14.5. The summed E-state index contributed by atoms with van der Waals surface area (Å²) >= 11 is 1.53. The normalized spacial score (nSPS) is 13.7. The smallest absolute Gasteiger partial charge is 0.223 e. The Labute approximate surface area is 369 Å². The van der Waals surface area contributed by atoms with Crippen molar-refractivity contribution in [1.29, 1.82) is 0 Å². The highest BCUT2D eigenvalue weighted by atomic mass is 32.2. The van der Waals surface area contributed by atoms with Crippen molar-refractivity contribution >= 4 is 53.6 Å². The number of amides is 5. The maximum Gasteiger partial charge on any atom is 0.223 e. The van der Waals surface area contributed by atoms with Crippen molar-refractivity contribution in [2.45, 2.75) is 78.4 Å². The molecule has 5 atom stereocenters. The van der Waals surface area contributed by atoms with Gasteiger partial charge in [0.25, 0.3) is 0 Å². The Morgan fingerprint density at radius 1 is 0.532 bits per heavy atom. The molecule has 0 saturated heterocycles. The molecular weight excluding hydrogens is 851 g/mol. The minimum Gasteiger partial charge on any atom is -0.356 e. The third kappa shape index (κ3) is 20.5. The van der Waals surface area contributed by atoms with E-state index in [0.29, 0.717) is 58.5 Å². The summed E-state index contributed by atoms with van der Waals surface area (Å²) in [4.78, 5) is 81.0. The van der Waals surface area contributed by atoms with Gasteiger partial charge in [-0.2, -0.15) is 0 Å². The summed E-state index contributed by atoms with van der Waals surface area (Å²) in [5, 5.41) is 38.7. The zero-order valence-electron chi connectivity index (χ0n) is 35.2. The number of carbonyl (C=O) groups excluding carboxylic acids is 5. The molecule has 7 N–H and O–H groups in total. The summed E-state index contributed by atoms with van der Waals surface area (Å²) in [6.45, 7) is 6.58. The second kappa shape index (κ2) is 31.3. The molecule has 0 aromatic carbocycles. The Kier molecular flexibility index (Phi) is 26.1. The van der Waals surface area contributed by atoms with Crippen LogP contribution < -0.4 is 26.6 Å². The van der Waals surface area contributed by atoms with Crippen molar-refractivity contribution < 1.29 is 53.2 Å². The van der Waals surface area contributed by atoms with E-state index in [0.717, 1.165) is 24.1 Å². The molecule has 0 aliphatic heterocycles. The van der Waals surface area contributed by atoms with Gasteiger partial charge in [0, 0.05) is 155 Å². The fraction of sp³-hybridized carbons (Fsp3) is 0.632. The van der Waals surface area contributed by atoms with Crippen LogP contribution in [-0.4, -0.2) is 113 Å². The van der Waals surface area contributed by atoms with Crippen LogP contribution in [0.15, 0.2) is 56.2 Å². The van der Waals surface area contributed by atoms with Gasteiger partial charge >= 0.3 is 0 Å². The highest BCUT2D eigenvalue weighted by Gasteiger charge is 2.37. The van der Waals surface area contributed by atoms with Crippen molar-refractivity contribution in [2.75, 3.05) is 44.2 Å². The second-order valence-corrected chi connectivity index (χ2v) is 16.1. The molecule has 0 aliphatic carbocycles. The Balaban J connectivity index is 1.81. The number of hydrogen-bond acceptors (Lipinski definition) is 16. The Hall–Kier alpha value is -4.56. The second-order valence-electron chi connectivity index (χ2n) is 14.5. The molecule has 3 rings (SSSR count). The van der Waals surface area contributed by atoms with E-state index in [2.05, 4.69) is 60.3 Å². The van der Waals surface area contributed by atoms with Gasteiger partial charge in [-0.1, -0.05) is 23.9 Å². The van der Waals surface area contributed by atoms with E-state index < -0.39 is 41.4 Å². The van der Waals surface area contributed by atoms with Gasteiger partial charge in [0.2, 0.25) is 29.5 Å². The summed E-state index contributed by atoms with van der Waals surface area (Å²) in [6.07, 6.45) is 18.0. The Morgan fingerprint density at radius 3 is 1.32 bits per heavy atom. The molecule has 0 bridgehead atoms. The number of carbonyl (C=O) groups is 5. The van der Waals surface area contributed by atoms with Crippen LogP contribution in [0.25, 0.3) is 0 Å². The molecule has 5 amide bonds. The van der Waals surface area contributed by atoms with Crippen LogP contribution in [0, 0.1) is 29.6 Å². The molecule has 22 nitrogen and oxygen atoms in total. The topological polar surface area (TPSA) is 276 Å². The largest absolute Gasteiger partial charge is 0.356 e. The van der Waals surface area contributed by atoms with E-state index in [1.807, 2.05) is 32.3 Å². The fourth-order valence-corrected chi connectivity index (χ4v) is 7.28. The molecule has 0 aliphatic rings. The van der Waals surface area contributed by atoms with Crippen LogP contribution in [0.4, 0.5) is 0 Å². The van der Waals surface area contributed by atoms with E-state index in [9.17, 15) is 24.0 Å². The highest BCUT2D eigenvalue weighted by molar-refractivity contribution is 7.94. The molecule has 62 heavy (non-hydrogen) atoms. The van der Waals surface area contributed by atoms with Crippen LogP contribution in [0.2, 0.25) is 0 Å². The lowest BCUT2D eigenvalue weighted by Gasteiger charge is -2.29. The zero-order valence-corrected chi connectivity index (χ0v) is 36.8. The van der Waals surface area contributed by atoms with Crippen molar-refractivity contribution in [3.63, 3.8) is 0 Å². The third-order valence-electron chi connectivity index (χ3n) is 10.1. The number of aryl methyl sites for hydroxylation is 3. The van der Waals surface area contributed by atoms with Gasteiger partial charge in [0.15, 0.2) is 0 Å². The predicted molar refractivity (Wildman–Crippen MR) is 227 cm³/mol. The molecule has 346 valence electrons. The van der Waals surface area contributed by atoms with Gasteiger partial charge in [-0.3, -0.25) is 24.0 Å². The number of rotatable bonds is 35. The lowest BCUT2D eigenvalue weighted by atomic mass is 9.78. The first-order valence-corrected chi connectivity index (χ1v) is 22.4. The summed E-state index contributed by atoms with van der Waals surface area (Å²) in [5.41, 5.74) is 0. The standard InChI is InChI=1S/C38H61N11O11S2/c1-29(34(50)42-10-3-18-47-21-13-39-26-47)6-7-32(37(53)44-12-5-20-49-23-15-41-28-49)33(38(54)46-17-25-62-60-58-56)9-8-31(30(2)35(51)45-16-24-61-59-57-55)36(52)43-11-4-19-48-22-14-40-27-48/h13-15,21-23,26-33,55-56H,3-12,16-20,24-25H2,1-2H3,(H,42,50)(H,43,52)(H,44,53)(H,45,51)(H,46,54). The van der Waals surface area contributed by atoms with Crippen molar-refractivity contribution in [3.8, 4) is 0 Å². The van der Waals surface area contributed by atoms with Gasteiger partial charge < -0.3 is 40.3 Å². The average molecular weight is 912 g/mol. The third-order valence-corrected chi connectivity index (χ3v) is 11.2. The molecule has 24 heteroatoms. The van der Waals surface area contributed by atoms with Crippen LogP contribution in [-0.2, 0) is 62.4 Å². The summed E-state index contributed by atoms with van der Waals surface area (Å²) in [7, 11) is 0. The van der Waals surface area contributed by atoms with Crippen LogP contribution in [0.3, 0.4) is 0 Å². The molecule has 0 radical (unpaired) electrons. The maximum absolute atomic E-state index is 14.2. The van der Waals surface area contributed by atoms with Crippen LogP contribution >= 0.6 is 24.1 Å². The number of hydrogen-bond donors (Lipinski definition) is 7. The van der Waals surface area contributed by atoms with E-state index in [1.54, 1.807) is 51.4 Å². The summed E-state index contributed by atoms with van der Waals surface area (Å²) in [6, 6.07) is 0. The highest BCUT2D eigenvalue weighted by Crippen LogP contribution is 2.30. The SMILES string of the molecule is CC(CCC(C(=O)NCCCn1ccnc1)C(CCC(C(=O)NCCCn1ccnc1)C(C)C(=O)NCCSOOO)C(=O)NCCSOOO)C(=O)NCCCn1ccnc1. The minimum atomic E-state index is -0.979. The summed E-state index contributed by atoms with van der Waals surface area (Å²) in [5.74, 6) is -5.56. The first-order valence-electron chi connectivity index (χ1n) is 20.6. The molecule has 3 heterocycles. The fourth-order valence-electron chi connectivity index (χ4n) is 6.69. The molecule has 0 saturated carbocycles. The predicted octanol–water partition coefficient (Wildman–Crippen LogP) is 2.25. The van der Waals surface area contributed by atoms with E-state index in [1.165, 1.54) is 0 Å². The van der Waals surface area contributed by atoms with Gasteiger partial charge in [0.1, 0.15) is 0 Å². The molecule has 0 fully saturated rings. The monoisotopic (exact) mass is 911 g/mol. The zero-order chi connectivity index (χ0) is 44.8. The lowest BCUT2D eigenvalue weighted by molar-refractivity contribution is -0.432. The molecule has 5 unspecified atom stereocenters. The molecular formula is C38H61N11O11S2. The number of nitrogens with one attached hydrogen (secondary N) is 5. The average Bonchev–Trinajstić information content (AvgIpc) is 4.10. The molecule has 3 aromatic heterocycles. The Bertz CT molecular complexity index is 1670. The number of nitrogens with zero attached hydrogens (tertiary/aromatic N) is 6. The first-order chi connectivity index (χ1) is 30.1. The Morgan fingerprint density at radius 2 is 0.903 bits per heavy atom. The van der Waals surface area contributed by atoms with E-state index >= 15 is 0 Å². The maximum atomic E-state index is 14.2. The number of imidazole rings is 3. The van der Waals surface area contributed by atoms with Crippen LogP contribution in [0.1, 0.15) is 58.8 Å². The van der Waals surface area contributed by atoms with Gasteiger partial charge in [-0.15, -0.1) is 8.67 Å². The molecule has 0 spiro atoms. The molecule has 3 aromatic rings. The van der Waals surface area contributed by atoms with Crippen molar-refractivity contribution in [2.24, 2.45) is 29.6 Å². The number of aromatic nitrogens is 6. The van der Waals surface area contributed by atoms with E-state index in [4.69, 9.17) is 10.5 Å². The quantitative estimate of drug-likeness (QED) is 0.0193.